The van der Waals surface area contributed by atoms with Gasteiger partial charge in [-0.15, -0.1) is 0 Å². The lowest BCUT2D eigenvalue weighted by atomic mass is 9.91. The molecule has 0 radical (unpaired) electrons. The van der Waals surface area contributed by atoms with Crippen molar-refractivity contribution >= 4 is 40.3 Å². The van der Waals surface area contributed by atoms with E-state index in [0.29, 0.717) is 45.2 Å². The smallest absolute Gasteiger partial charge is 0.265 e. The van der Waals surface area contributed by atoms with E-state index in [1.54, 1.807) is 27.6 Å². The molecule has 0 spiro atoms. The molecule has 7 nitrogen and oxygen atoms in total. The topological polar surface area (TPSA) is 73.0 Å². The highest BCUT2D eigenvalue weighted by molar-refractivity contribution is 7.99. The van der Waals surface area contributed by atoms with E-state index >= 15 is 0 Å². The van der Waals surface area contributed by atoms with Crippen molar-refractivity contribution in [2.45, 2.75) is 37.9 Å². The monoisotopic (exact) mass is 457 g/mol. The van der Waals surface area contributed by atoms with Crippen molar-refractivity contribution in [2.75, 3.05) is 18.8 Å². The van der Waals surface area contributed by atoms with Gasteiger partial charge in [0.1, 0.15) is 5.39 Å². The lowest BCUT2D eigenvalue weighted by molar-refractivity contribution is -0.134. The van der Waals surface area contributed by atoms with Crippen molar-refractivity contribution in [3.63, 3.8) is 0 Å². The number of carbonyl (C=O) groups excluding carboxylic acids is 1. The van der Waals surface area contributed by atoms with Crippen molar-refractivity contribution in [3.8, 4) is 5.69 Å². The maximum atomic E-state index is 13.3. The fraction of sp³-hybridized carbons (Fsp3) is 0.455. The number of carbonyl (C=O) groups is 1. The minimum absolute atomic E-state index is 0.126. The quantitative estimate of drug-likeness (QED) is 0.559. The van der Waals surface area contributed by atoms with Crippen molar-refractivity contribution in [3.05, 3.63) is 45.8 Å². The van der Waals surface area contributed by atoms with E-state index in [9.17, 15) is 9.59 Å². The van der Waals surface area contributed by atoms with Crippen LogP contribution in [0.4, 0.5) is 0 Å². The fourth-order valence-corrected chi connectivity index (χ4v) is 6.01. The summed E-state index contributed by atoms with van der Waals surface area (Å²) < 4.78 is 3.35. The Kier molecular flexibility index (Phi) is 5.30. The van der Waals surface area contributed by atoms with Gasteiger partial charge in [-0.2, -0.15) is 5.10 Å². The van der Waals surface area contributed by atoms with E-state index < -0.39 is 0 Å². The van der Waals surface area contributed by atoms with E-state index in [1.165, 1.54) is 11.8 Å². The minimum atomic E-state index is -0.177. The molecule has 1 fully saturated rings. The molecule has 0 aliphatic carbocycles. The summed E-state index contributed by atoms with van der Waals surface area (Å²) in [6.45, 7) is 5.99. The van der Waals surface area contributed by atoms with Gasteiger partial charge < -0.3 is 4.90 Å². The maximum Gasteiger partial charge on any atom is 0.265 e. The molecule has 31 heavy (non-hydrogen) atoms. The first-order valence-electron chi connectivity index (χ1n) is 10.6. The molecule has 2 aliphatic rings. The Morgan fingerprint density at radius 2 is 1.90 bits per heavy atom. The lowest BCUT2D eigenvalue weighted by Gasteiger charge is -2.35. The summed E-state index contributed by atoms with van der Waals surface area (Å²) in [5.41, 5.74) is 1.18. The minimum Gasteiger partial charge on any atom is -0.342 e. The summed E-state index contributed by atoms with van der Waals surface area (Å²) in [5, 5.41) is 6.12. The molecule has 1 saturated heterocycles. The summed E-state index contributed by atoms with van der Waals surface area (Å²) in [4.78, 5) is 33.0. The van der Waals surface area contributed by atoms with Gasteiger partial charge >= 0.3 is 0 Å². The average Bonchev–Trinajstić information content (AvgIpc) is 3.33. The largest absolute Gasteiger partial charge is 0.342 e. The van der Waals surface area contributed by atoms with E-state index in [0.717, 1.165) is 25.2 Å². The Bertz CT molecular complexity index is 1200. The van der Waals surface area contributed by atoms with Gasteiger partial charge in [0.15, 0.2) is 10.8 Å². The SMILES string of the molecule is CC1CC(C)CN(C(=O)CC2CSc3nc4c(cnn4-c4ccc(Cl)cc4)c(=O)n32)C1. The molecule has 5 rings (SSSR count). The molecule has 3 unspecified atom stereocenters. The number of thioether (sulfide) groups is 1. The van der Waals surface area contributed by atoms with E-state index in [-0.39, 0.29) is 17.5 Å². The molecule has 0 bridgehead atoms. The zero-order valence-electron chi connectivity index (χ0n) is 17.5. The number of piperidine rings is 1. The first-order valence-corrected chi connectivity index (χ1v) is 11.9. The first kappa shape index (κ1) is 20.6. The number of aromatic nitrogens is 4. The van der Waals surface area contributed by atoms with Gasteiger partial charge in [0, 0.05) is 30.3 Å². The first-order chi connectivity index (χ1) is 14.9. The van der Waals surface area contributed by atoms with Crippen LogP contribution in [0.25, 0.3) is 16.7 Å². The third-order valence-corrected chi connectivity index (χ3v) is 7.42. The third kappa shape index (κ3) is 3.76. The van der Waals surface area contributed by atoms with Crippen molar-refractivity contribution in [1.82, 2.24) is 24.2 Å². The normalized spacial score (nSPS) is 23.3. The number of halogens is 1. The van der Waals surface area contributed by atoms with Crippen LogP contribution in [0.1, 0.15) is 32.7 Å². The average molecular weight is 458 g/mol. The van der Waals surface area contributed by atoms with Crippen LogP contribution >= 0.6 is 23.4 Å². The number of likely N-dealkylation sites (tertiary alicyclic amines) is 1. The number of amides is 1. The number of hydrogen-bond donors (Lipinski definition) is 0. The molecule has 9 heteroatoms. The van der Waals surface area contributed by atoms with E-state index in [4.69, 9.17) is 16.6 Å². The van der Waals surface area contributed by atoms with Gasteiger partial charge in [0.25, 0.3) is 5.56 Å². The summed E-state index contributed by atoms with van der Waals surface area (Å²) in [5.74, 6) is 1.83. The number of benzene rings is 1. The van der Waals surface area contributed by atoms with Crippen LogP contribution < -0.4 is 5.56 Å². The van der Waals surface area contributed by atoms with Crippen LogP contribution in [0.15, 0.2) is 40.4 Å². The van der Waals surface area contributed by atoms with Gasteiger partial charge in [-0.1, -0.05) is 37.2 Å². The molecule has 3 atom stereocenters. The lowest BCUT2D eigenvalue weighted by Crippen LogP contribution is -2.43. The molecule has 0 saturated carbocycles. The molecule has 4 heterocycles. The second-order valence-corrected chi connectivity index (χ2v) is 10.2. The molecule has 3 aromatic rings. The van der Waals surface area contributed by atoms with Crippen molar-refractivity contribution in [1.29, 1.82) is 0 Å². The van der Waals surface area contributed by atoms with E-state index in [1.807, 2.05) is 17.0 Å². The summed E-state index contributed by atoms with van der Waals surface area (Å²) in [7, 11) is 0. The molecule has 2 aromatic heterocycles. The molecule has 2 aliphatic heterocycles. The highest BCUT2D eigenvalue weighted by Gasteiger charge is 2.32. The molecule has 1 amide bonds. The predicted molar refractivity (Wildman–Crippen MR) is 122 cm³/mol. The predicted octanol–water partition coefficient (Wildman–Crippen LogP) is 3.78. The van der Waals surface area contributed by atoms with Gasteiger partial charge in [0.05, 0.1) is 17.9 Å². The molecular formula is C22H24ClN5O2S. The van der Waals surface area contributed by atoms with Crippen molar-refractivity contribution in [2.24, 2.45) is 11.8 Å². The van der Waals surface area contributed by atoms with Crippen molar-refractivity contribution < 1.29 is 4.79 Å². The fourth-order valence-electron chi connectivity index (χ4n) is 4.75. The maximum absolute atomic E-state index is 13.3. The Morgan fingerprint density at radius 3 is 2.61 bits per heavy atom. The summed E-state index contributed by atoms with van der Waals surface area (Å²) in [6.07, 6.45) is 3.05. The summed E-state index contributed by atoms with van der Waals surface area (Å²) in [6, 6.07) is 7.07. The van der Waals surface area contributed by atoms with Crippen LogP contribution in [0.2, 0.25) is 5.02 Å². The van der Waals surface area contributed by atoms with Crippen LogP contribution in [-0.2, 0) is 4.79 Å². The molecular weight excluding hydrogens is 434 g/mol. The second kappa shape index (κ2) is 7.98. The Balaban J connectivity index is 1.45. The zero-order chi connectivity index (χ0) is 21.7. The molecule has 1 aromatic carbocycles. The third-order valence-electron chi connectivity index (χ3n) is 6.07. The highest BCUT2D eigenvalue weighted by atomic mass is 35.5. The number of nitrogens with zero attached hydrogens (tertiary/aromatic N) is 5. The van der Waals surface area contributed by atoms with Gasteiger partial charge in [-0.25, -0.2) is 9.67 Å². The number of rotatable bonds is 3. The van der Waals surface area contributed by atoms with Crippen LogP contribution in [0.3, 0.4) is 0 Å². The van der Waals surface area contributed by atoms with E-state index in [2.05, 4.69) is 18.9 Å². The number of hydrogen-bond acceptors (Lipinski definition) is 5. The Hall–Kier alpha value is -2.32. The highest BCUT2D eigenvalue weighted by Crippen LogP contribution is 2.34. The Morgan fingerprint density at radius 1 is 1.19 bits per heavy atom. The van der Waals surface area contributed by atoms with Crippen LogP contribution in [0, 0.1) is 11.8 Å². The van der Waals surface area contributed by atoms with Gasteiger partial charge in [-0.3, -0.25) is 14.2 Å². The van der Waals surface area contributed by atoms with Crippen LogP contribution in [0.5, 0.6) is 0 Å². The standard InChI is InChI=1S/C22H24ClN5O2S/c1-13-7-14(2)11-26(10-13)19(29)8-17-12-31-22-25-20-18(21(30)27(17)22)9-24-28(20)16-5-3-15(23)4-6-16/h3-6,9,13-14,17H,7-8,10-12H2,1-2H3. The summed E-state index contributed by atoms with van der Waals surface area (Å²) >= 11 is 7.51. The molecule has 162 valence electrons. The zero-order valence-corrected chi connectivity index (χ0v) is 19.1. The van der Waals surface area contributed by atoms with Crippen LogP contribution in [-0.4, -0.2) is 49.0 Å². The van der Waals surface area contributed by atoms with Gasteiger partial charge in [-0.05, 0) is 42.5 Å². The Labute approximate surface area is 189 Å². The number of fused-ring (bicyclic) bond motifs is 2. The molecule has 0 N–H and O–H groups in total. The second-order valence-electron chi connectivity index (χ2n) is 8.75. The van der Waals surface area contributed by atoms with Gasteiger partial charge in [0.2, 0.25) is 5.91 Å².